The van der Waals surface area contributed by atoms with Gasteiger partial charge in [0.25, 0.3) is 0 Å². The summed E-state index contributed by atoms with van der Waals surface area (Å²) in [6.45, 7) is 5.10. The predicted octanol–water partition coefficient (Wildman–Crippen LogP) is 2.35. The minimum Gasteiger partial charge on any atom is -0.348 e. The lowest BCUT2D eigenvalue weighted by atomic mass is 10.1. The summed E-state index contributed by atoms with van der Waals surface area (Å²) in [5, 5.41) is 2.76. The SMILES string of the molecule is Cc1ccc(N(CC(=O)N[C@H](C)c2ccc(S(C)(=O)=O)cc2)S(C)(=O)=O)c(C)c1. The zero-order chi connectivity index (χ0) is 22.0. The fourth-order valence-corrected chi connectivity index (χ4v) is 4.52. The third kappa shape index (κ3) is 6.04. The molecule has 1 amide bonds. The maximum atomic E-state index is 12.5. The molecule has 0 bridgehead atoms. The van der Waals surface area contributed by atoms with Gasteiger partial charge in [-0.2, -0.15) is 0 Å². The molecule has 1 N–H and O–H groups in total. The normalized spacial score (nSPS) is 13.0. The molecule has 0 radical (unpaired) electrons. The van der Waals surface area contributed by atoms with E-state index in [2.05, 4.69) is 5.32 Å². The van der Waals surface area contributed by atoms with Crippen molar-refractivity contribution < 1.29 is 21.6 Å². The predicted molar refractivity (Wildman–Crippen MR) is 114 cm³/mol. The molecule has 7 nitrogen and oxygen atoms in total. The molecule has 9 heteroatoms. The number of rotatable bonds is 7. The highest BCUT2D eigenvalue weighted by Crippen LogP contribution is 2.23. The van der Waals surface area contributed by atoms with Crippen LogP contribution in [-0.2, 0) is 24.7 Å². The minimum atomic E-state index is -3.66. The zero-order valence-corrected chi connectivity index (χ0v) is 18.8. The van der Waals surface area contributed by atoms with E-state index in [4.69, 9.17) is 0 Å². The Morgan fingerprint density at radius 1 is 1.00 bits per heavy atom. The number of nitrogens with zero attached hydrogens (tertiary/aromatic N) is 1. The number of nitrogens with one attached hydrogen (secondary N) is 1. The van der Waals surface area contributed by atoms with Gasteiger partial charge in [-0.3, -0.25) is 9.10 Å². The maximum Gasteiger partial charge on any atom is 0.241 e. The van der Waals surface area contributed by atoms with Gasteiger partial charge in [-0.05, 0) is 50.1 Å². The summed E-state index contributed by atoms with van der Waals surface area (Å²) in [6.07, 6.45) is 2.19. The van der Waals surface area contributed by atoms with Crippen molar-refractivity contribution in [1.29, 1.82) is 0 Å². The standard InChI is InChI=1S/C20H26N2O5S2/c1-14-6-11-19(15(2)12-14)22(29(5,26)27)13-20(23)21-16(3)17-7-9-18(10-8-17)28(4,24)25/h6-12,16H,13H2,1-5H3,(H,21,23)/t16-/m1/s1. The first kappa shape index (κ1) is 22.9. The molecular formula is C20H26N2O5S2. The number of carbonyl (C=O) groups excluding carboxylic acids is 1. The highest BCUT2D eigenvalue weighted by Gasteiger charge is 2.23. The second-order valence-electron chi connectivity index (χ2n) is 7.19. The maximum absolute atomic E-state index is 12.5. The quantitative estimate of drug-likeness (QED) is 0.715. The van der Waals surface area contributed by atoms with Crippen molar-refractivity contribution in [3.8, 4) is 0 Å². The number of anilines is 1. The Bertz CT molecular complexity index is 1110. The average Bonchev–Trinajstić information content (AvgIpc) is 2.58. The number of benzene rings is 2. The summed E-state index contributed by atoms with van der Waals surface area (Å²) in [7, 11) is -6.96. The van der Waals surface area contributed by atoms with Crippen molar-refractivity contribution in [3.63, 3.8) is 0 Å². The van der Waals surface area contributed by atoms with Crippen LogP contribution in [0.5, 0.6) is 0 Å². The third-order valence-corrected chi connectivity index (χ3v) is 6.75. The third-order valence-electron chi connectivity index (χ3n) is 4.49. The molecule has 2 aromatic rings. The van der Waals surface area contributed by atoms with Crippen LogP contribution < -0.4 is 9.62 Å². The van der Waals surface area contributed by atoms with Crippen molar-refractivity contribution in [2.75, 3.05) is 23.4 Å². The Labute approximate surface area is 172 Å². The van der Waals surface area contributed by atoms with Gasteiger partial charge in [0.15, 0.2) is 9.84 Å². The number of amides is 1. The van der Waals surface area contributed by atoms with Gasteiger partial charge in [0, 0.05) is 6.26 Å². The highest BCUT2D eigenvalue weighted by atomic mass is 32.2. The van der Waals surface area contributed by atoms with Crippen LogP contribution in [0.2, 0.25) is 0 Å². The molecule has 0 fully saturated rings. The number of hydrogen-bond acceptors (Lipinski definition) is 5. The van der Waals surface area contributed by atoms with Gasteiger partial charge in [0.05, 0.1) is 22.9 Å². The van der Waals surface area contributed by atoms with E-state index >= 15 is 0 Å². The molecule has 0 unspecified atom stereocenters. The topological polar surface area (TPSA) is 101 Å². The fourth-order valence-electron chi connectivity index (χ4n) is 2.97. The molecule has 2 aromatic carbocycles. The van der Waals surface area contributed by atoms with Crippen molar-refractivity contribution in [2.45, 2.75) is 31.7 Å². The summed E-state index contributed by atoms with van der Waals surface area (Å²) < 4.78 is 48.8. The van der Waals surface area contributed by atoms with Crippen LogP contribution in [0.25, 0.3) is 0 Å². The second kappa shape index (κ2) is 8.54. The van der Waals surface area contributed by atoms with Crippen LogP contribution in [0.4, 0.5) is 5.69 Å². The summed E-state index contributed by atoms with van der Waals surface area (Å²) >= 11 is 0. The first-order valence-corrected chi connectivity index (χ1v) is 12.7. The smallest absolute Gasteiger partial charge is 0.241 e. The van der Waals surface area contributed by atoms with E-state index in [1.54, 1.807) is 38.1 Å². The van der Waals surface area contributed by atoms with Crippen LogP contribution in [0, 0.1) is 13.8 Å². The fraction of sp³-hybridized carbons (Fsp3) is 0.350. The summed E-state index contributed by atoms with van der Waals surface area (Å²) in [6, 6.07) is 11.1. The Morgan fingerprint density at radius 3 is 2.07 bits per heavy atom. The second-order valence-corrected chi connectivity index (χ2v) is 11.1. The van der Waals surface area contributed by atoms with E-state index in [9.17, 15) is 21.6 Å². The molecule has 0 heterocycles. The highest BCUT2D eigenvalue weighted by molar-refractivity contribution is 7.92. The first-order valence-electron chi connectivity index (χ1n) is 8.93. The minimum absolute atomic E-state index is 0.192. The van der Waals surface area contributed by atoms with Crippen molar-refractivity contribution >= 4 is 31.5 Å². The van der Waals surface area contributed by atoms with Gasteiger partial charge in [0.2, 0.25) is 15.9 Å². The number of sulfone groups is 1. The summed E-state index contributed by atoms with van der Waals surface area (Å²) in [5.41, 5.74) is 2.92. The van der Waals surface area contributed by atoms with Gasteiger partial charge in [0.1, 0.15) is 6.54 Å². The van der Waals surface area contributed by atoms with Gasteiger partial charge in [-0.25, -0.2) is 16.8 Å². The lowest BCUT2D eigenvalue weighted by Gasteiger charge is -2.25. The Morgan fingerprint density at radius 2 is 1.59 bits per heavy atom. The zero-order valence-electron chi connectivity index (χ0n) is 17.1. The lowest BCUT2D eigenvalue weighted by molar-refractivity contribution is -0.120. The van der Waals surface area contributed by atoms with Crippen LogP contribution in [-0.4, -0.2) is 41.8 Å². The molecule has 0 saturated carbocycles. The molecule has 29 heavy (non-hydrogen) atoms. The Balaban J connectivity index is 2.18. The molecule has 0 spiro atoms. The van der Waals surface area contributed by atoms with Gasteiger partial charge < -0.3 is 5.32 Å². The van der Waals surface area contributed by atoms with E-state index < -0.39 is 31.8 Å². The van der Waals surface area contributed by atoms with Crippen molar-refractivity contribution in [2.24, 2.45) is 0 Å². The largest absolute Gasteiger partial charge is 0.348 e. The molecule has 0 aliphatic heterocycles. The van der Waals surface area contributed by atoms with E-state index in [0.29, 0.717) is 11.3 Å². The first-order chi connectivity index (χ1) is 13.3. The van der Waals surface area contributed by atoms with Gasteiger partial charge in [-0.15, -0.1) is 0 Å². The van der Waals surface area contributed by atoms with Crippen LogP contribution in [0.3, 0.4) is 0 Å². The van der Waals surface area contributed by atoms with Crippen molar-refractivity contribution in [3.05, 3.63) is 59.2 Å². The summed E-state index contributed by atoms with van der Waals surface area (Å²) in [4.78, 5) is 12.7. The molecule has 2 rings (SSSR count). The van der Waals surface area contributed by atoms with E-state index in [0.717, 1.165) is 27.9 Å². The van der Waals surface area contributed by atoms with Crippen LogP contribution >= 0.6 is 0 Å². The van der Waals surface area contributed by atoms with Crippen LogP contribution in [0.15, 0.2) is 47.4 Å². The Kier molecular flexibility index (Phi) is 6.74. The molecule has 0 aromatic heterocycles. The lowest BCUT2D eigenvalue weighted by Crippen LogP contribution is -2.41. The van der Waals surface area contributed by atoms with E-state index in [1.165, 1.54) is 12.1 Å². The Hall–Kier alpha value is -2.39. The molecule has 1 atom stereocenters. The molecular weight excluding hydrogens is 412 g/mol. The molecule has 158 valence electrons. The number of hydrogen-bond donors (Lipinski definition) is 1. The number of sulfonamides is 1. The molecule has 0 saturated heterocycles. The van der Waals surface area contributed by atoms with Gasteiger partial charge >= 0.3 is 0 Å². The van der Waals surface area contributed by atoms with E-state index in [-0.39, 0.29) is 11.4 Å². The average molecular weight is 439 g/mol. The van der Waals surface area contributed by atoms with E-state index in [1.807, 2.05) is 13.0 Å². The number of carbonyl (C=O) groups is 1. The molecule has 0 aliphatic carbocycles. The van der Waals surface area contributed by atoms with Gasteiger partial charge in [-0.1, -0.05) is 29.8 Å². The molecule has 0 aliphatic rings. The van der Waals surface area contributed by atoms with Crippen molar-refractivity contribution in [1.82, 2.24) is 5.32 Å². The summed E-state index contributed by atoms with van der Waals surface area (Å²) in [5.74, 6) is -0.463. The number of aryl methyl sites for hydroxylation is 2. The monoisotopic (exact) mass is 438 g/mol. The van der Waals surface area contributed by atoms with Crippen LogP contribution in [0.1, 0.15) is 29.7 Å².